The number of carbonyl (C=O) groups excluding carboxylic acids is 1. The first-order valence-electron chi connectivity index (χ1n) is 9.54. The van der Waals surface area contributed by atoms with E-state index in [-0.39, 0.29) is 30.5 Å². The van der Waals surface area contributed by atoms with Crippen LogP contribution in [0.1, 0.15) is 16.7 Å². The summed E-state index contributed by atoms with van der Waals surface area (Å²) in [4.78, 5) is 43.4. The molecule has 2 aliphatic heterocycles. The summed E-state index contributed by atoms with van der Waals surface area (Å²) in [5.41, 5.74) is 4.07. The van der Waals surface area contributed by atoms with E-state index in [1.54, 1.807) is 17.0 Å². The first-order chi connectivity index (χ1) is 14.8. The van der Waals surface area contributed by atoms with Crippen LogP contribution in [0.2, 0.25) is 0 Å². The fourth-order valence-corrected chi connectivity index (χ4v) is 5.04. The maximum Gasteiger partial charge on any atom is 0.272 e. The SMILES string of the molecule is Cc1cc(C)c2c(c1)/C(=c1/sc3n(c1=O)CN(c1cccc([N+](=O)[O-])c1)CN=3)C(=O)N2. The summed E-state index contributed by atoms with van der Waals surface area (Å²) in [6.07, 6.45) is 0. The largest absolute Gasteiger partial charge is 0.333 e. The third-order valence-corrected chi connectivity index (χ3v) is 6.51. The predicted octanol–water partition coefficient (Wildman–Crippen LogP) is 1.64. The van der Waals surface area contributed by atoms with Crippen molar-refractivity contribution in [1.29, 1.82) is 0 Å². The van der Waals surface area contributed by atoms with E-state index >= 15 is 0 Å². The number of nitrogens with one attached hydrogen (secondary N) is 1. The number of nitro benzene ring substituents is 1. The quantitative estimate of drug-likeness (QED) is 0.486. The number of non-ortho nitro benzene ring substituents is 1. The zero-order chi connectivity index (χ0) is 21.9. The van der Waals surface area contributed by atoms with Gasteiger partial charge in [0.25, 0.3) is 17.2 Å². The number of nitrogens with zero attached hydrogens (tertiary/aromatic N) is 4. The third kappa shape index (κ3) is 3.03. The molecule has 0 bridgehead atoms. The van der Waals surface area contributed by atoms with Crippen molar-refractivity contribution in [3.8, 4) is 0 Å². The van der Waals surface area contributed by atoms with Crippen LogP contribution in [-0.4, -0.2) is 22.1 Å². The van der Waals surface area contributed by atoms with Crippen LogP contribution in [0.25, 0.3) is 5.57 Å². The number of fused-ring (bicyclic) bond motifs is 2. The Bertz CT molecular complexity index is 1470. The molecule has 0 atom stereocenters. The van der Waals surface area contributed by atoms with E-state index in [2.05, 4.69) is 10.3 Å². The molecule has 0 radical (unpaired) electrons. The molecule has 9 nitrogen and oxygen atoms in total. The fourth-order valence-electron chi connectivity index (χ4n) is 3.98. The van der Waals surface area contributed by atoms with Gasteiger partial charge in [-0.15, -0.1) is 0 Å². The fraction of sp³-hybridized carbons (Fsp3) is 0.190. The van der Waals surface area contributed by atoms with Gasteiger partial charge in [-0.3, -0.25) is 24.3 Å². The van der Waals surface area contributed by atoms with E-state index < -0.39 is 4.92 Å². The summed E-state index contributed by atoms with van der Waals surface area (Å²) in [7, 11) is 0. The first-order valence-corrected chi connectivity index (χ1v) is 10.4. The number of carbonyl (C=O) groups is 1. The Morgan fingerprint density at radius 1 is 1.19 bits per heavy atom. The maximum atomic E-state index is 13.3. The number of hydrogen-bond acceptors (Lipinski definition) is 7. The molecule has 0 aliphatic carbocycles. The molecule has 0 fully saturated rings. The van der Waals surface area contributed by atoms with Crippen LogP contribution in [0, 0.1) is 24.0 Å². The van der Waals surface area contributed by atoms with Gasteiger partial charge in [0.1, 0.15) is 17.9 Å². The van der Waals surface area contributed by atoms with Gasteiger partial charge in [0.05, 0.1) is 16.2 Å². The normalized spacial score (nSPS) is 16.5. The first kappa shape index (κ1) is 19.2. The second kappa shape index (κ2) is 6.88. The number of aryl methyl sites for hydroxylation is 2. The summed E-state index contributed by atoms with van der Waals surface area (Å²) in [6, 6.07) is 10.1. The molecule has 0 unspecified atom stereocenters. The lowest BCUT2D eigenvalue weighted by Gasteiger charge is -2.25. The van der Waals surface area contributed by atoms with Gasteiger partial charge in [-0.2, -0.15) is 0 Å². The smallest absolute Gasteiger partial charge is 0.272 e. The van der Waals surface area contributed by atoms with E-state index in [1.165, 1.54) is 28.0 Å². The van der Waals surface area contributed by atoms with Crippen LogP contribution < -0.4 is 25.1 Å². The van der Waals surface area contributed by atoms with Gasteiger partial charge < -0.3 is 10.2 Å². The summed E-state index contributed by atoms with van der Waals surface area (Å²) in [5.74, 6) is -0.296. The van der Waals surface area contributed by atoms with Crippen molar-refractivity contribution in [2.75, 3.05) is 16.9 Å². The van der Waals surface area contributed by atoms with Crippen molar-refractivity contribution in [1.82, 2.24) is 4.57 Å². The van der Waals surface area contributed by atoms with Gasteiger partial charge >= 0.3 is 0 Å². The van der Waals surface area contributed by atoms with E-state index in [0.717, 1.165) is 22.4 Å². The molecule has 2 aliphatic rings. The molecule has 3 heterocycles. The molecule has 1 amide bonds. The lowest BCUT2D eigenvalue weighted by Crippen LogP contribution is -2.43. The van der Waals surface area contributed by atoms with Gasteiger partial charge in [-0.25, -0.2) is 4.99 Å². The van der Waals surface area contributed by atoms with Crippen molar-refractivity contribution < 1.29 is 9.72 Å². The number of aromatic nitrogens is 1. The van der Waals surface area contributed by atoms with E-state index in [1.807, 2.05) is 26.0 Å². The molecular formula is C21H17N5O4S. The highest BCUT2D eigenvalue weighted by molar-refractivity contribution is 7.07. The lowest BCUT2D eigenvalue weighted by molar-refractivity contribution is -0.384. The standard InChI is InChI=1S/C21H17N5O4S/c1-11-6-12(2)17-15(7-11)16(19(27)23-17)18-20(28)25-10-24(9-22-21(25)31-18)13-4-3-5-14(8-13)26(29)30/h3-8H,9-10H2,1-2H3,(H,23,27)/b18-16-. The molecule has 31 heavy (non-hydrogen) atoms. The minimum Gasteiger partial charge on any atom is -0.333 e. The van der Waals surface area contributed by atoms with Gasteiger partial charge in [0, 0.05) is 23.4 Å². The molecule has 10 heteroatoms. The number of benzene rings is 2. The Hall–Kier alpha value is -3.79. The number of thiazole rings is 1. The van der Waals surface area contributed by atoms with Crippen molar-refractivity contribution in [3.05, 3.63) is 82.9 Å². The van der Waals surface area contributed by atoms with Gasteiger partial charge in [-0.05, 0) is 31.5 Å². The maximum absolute atomic E-state index is 13.3. The molecule has 156 valence electrons. The van der Waals surface area contributed by atoms with Crippen LogP contribution >= 0.6 is 11.3 Å². The number of anilines is 2. The Balaban J connectivity index is 1.63. The van der Waals surface area contributed by atoms with Crippen LogP contribution in [0.5, 0.6) is 0 Å². The Morgan fingerprint density at radius 3 is 2.77 bits per heavy atom. The van der Waals surface area contributed by atoms with Crippen molar-refractivity contribution >= 4 is 39.9 Å². The average molecular weight is 435 g/mol. The van der Waals surface area contributed by atoms with Crippen molar-refractivity contribution in [3.63, 3.8) is 0 Å². The lowest BCUT2D eigenvalue weighted by atomic mass is 10.0. The predicted molar refractivity (Wildman–Crippen MR) is 117 cm³/mol. The monoisotopic (exact) mass is 435 g/mol. The average Bonchev–Trinajstić information content (AvgIpc) is 3.24. The Morgan fingerprint density at radius 2 is 2.00 bits per heavy atom. The number of hydrogen-bond donors (Lipinski definition) is 1. The summed E-state index contributed by atoms with van der Waals surface area (Å²) in [5, 5.41) is 14.0. The minimum atomic E-state index is -0.457. The van der Waals surface area contributed by atoms with Crippen LogP contribution in [0.15, 0.2) is 46.2 Å². The zero-order valence-corrected chi connectivity index (χ0v) is 17.5. The van der Waals surface area contributed by atoms with Crippen LogP contribution in [-0.2, 0) is 11.5 Å². The molecule has 0 saturated carbocycles. The highest BCUT2D eigenvalue weighted by atomic mass is 32.1. The van der Waals surface area contributed by atoms with E-state index in [0.29, 0.717) is 20.6 Å². The third-order valence-electron chi connectivity index (χ3n) is 5.40. The molecule has 0 saturated heterocycles. The number of amides is 1. The summed E-state index contributed by atoms with van der Waals surface area (Å²) >= 11 is 1.19. The highest BCUT2D eigenvalue weighted by Crippen LogP contribution is 2.33. The second-order valence-electron chi connectivity index (χ2n) is 7.54. The van der Waals surface area contributed by atoms with Gasteiger partial charge in [-0.1, -0.05) is 29.0 Å². The molecule has 3 aromatic rings. The van der Waals surface area contributed by atoms with Crippen molar-refractivity contribution in [2.24, 2.45) is 4.99 Å². The summed E-state index contributed by atoms with van der Waals surface area (Å²) in [6.45, 7) is 4.33. The molecule has 1 aromatic heterocycles. The van der Waals surface area contributed by atoms with Crippen molar-refractivity contribution in [2.45, 2.75) is 20.5 Å². The van der Waals surface area contributed by atoms with E-state index in [4.69, 9.17) is 0 Å². The highest BCUT2D eigenvalue weighted by Gasteiger charge is 2.29. The number of rotatable bonds is 2. The Labute approximate surface area is 179 Å². The van der Waals surface area contributed by atoms with Crippen LogP contribution in [0.4, 0.5) is 17.1 Å². The number of nitro groups is 1. The van der Waals surface area contributed by atoms with Gasteiger partial charge in [0.2, 0.25) is 0 Å². The minimum absolute atomic E-state index is 0.0258. The molecule has 1 N–H and O–H groups in total. The van der Waals surface area contributed by atoms with Gasteiger partial charge in [0.15, 0.2) is 4.80 Å². The Kier molecular flexibility index (Phi) is 4.26. The zero-order valence-electron chi connectivity index (χ0n) is 16.7. The van der Waals surface area contributed by atoms with E-state index in [9.17, 15) is 19.7 Å². The topological polar surface area (TPSA) is 110 Å². The summed E-state index contributed by atoms with van der Waals surface area (Å²) < 4.78 is 1.85. The molecule has 0 spiro atoms. The molecule has 2 aromatic carbocycles. The molecule has 5 rings (SSSR count). The second-order valence-corrected chi connectivity index (χ2v) is 8.52. The molecular weight excluding hydrogens is 418 g/mol. The van der Waals surface area contributed by atoms with Crippen LogP contribution in [0.3, 0.4) is 0 Å².